The second-order valence-corrected chi connectivity index (χ2v) is 7.45. The summed E-state index contributed by atoms with van der Waals surface area (Å²) in [5, 5.41) is 2.90. The van der Waals surface area contributed by atoms with Gasteiger partial charge in [0.15, 0.2) is 0 Å². The topological polar surface area (TPSA) is 80.4 Å². The number of carbonyl (C=O) groups is 2. The molecule has 0 aromatic carbocycles. The van der Waals surface area contributed by atoms with Crippen LogP contribution < -0.4 is 11.1 Å². The predicted octanol–water partition coefficient (Wildman–Crippen LogP) is 2.29. The second kappa shape index (κ2) is 8.67. The van der Waals surface area contributed by atoms with Crippen LogP contribution in [0.3, 0.4) is 0 Å². The maximum Gasteiger partial charge on any atom is 0.270 e. The number of nitrogens with two attached hydrogens (primary N) is 1. The summed E-state index contributed by atoms with van der Waals surface area (Å²) in [7, 11) is 0. The highest BCUT2D eigenvalue weighted by Gasteiger charge is 2.29. The Morgan fingerprint density at radius 1 is 1.42 bits per heavy atom. The maximum absolute atomic E-state index is 13.1. The molecule has 134 valence electrons. The van der Waals surface area contributed by atoms with Crippen molar-refractivity contribution in [3.63, 3.8) is 0 Å². The Balaban J connectivity index is 2.12. The SMILES string of the molecule is CC(C)n1cc(Br)cc1C(=O)N1CCCCC1CNC(=O)CCN. The van der Waals surface area contributed by atoms with E-state index in [-0.39, 0.29) is 23.9 Å². The molecular formula is C17H27BrN4O2. The normalized spacial score (nSPS) is 18.0. The van der Waals surface area contributed by atoms with E-state index in [0.717, 1.165) is 30.3 Å². The van der Waals surface area contributed by atoms with Gasteiger partial charge >= 0.3 is 0 Å². The first-order chi connectivity index (χ1) is 11.4. The molecule has 0 saturated carbocycles. The van der Waals surface area contributed by atoms with Crippen LogP contribution in [0.25, 0.3) is 0 Å². The fraction of sp³-hybridized carbons (Fsp3) is 0.647. The number of halogens is 1. The van der Waals surface area contributed by atoms with E-state index in [1.165, 1.54) is 0 Å². The van der Waals surface area contributed by atoms with Crippen LogP contribution in [0, 0.1) is 0 Å². The van der Waals surface area contributed by atoms with Crippen molar-refractivity contribution in [1.29, 1.82) is 0 Å². The third-order valence-corrected chi connectivity index (χ3v) is 4.82. The first-order valence-electron chi connectivity index (χ1n) is 8.59. The molecule has 0 bridgehead atoms. The highest BCUT2D eigenvalue weighted by Crippen LogP contribution is 2.24. The second-order valence-electron chi connectivity index (χ2n) is 6.54. The van der Waals surface area contributed by atoms with E-state index in [0.29, 0.717) is 25.2 Å². The molecule has 1 saturated heterocycles. The van der Waals surface area contributed by atoms with Gasteiger partial charge in [0, 0.05) is 48.8 Å². The average molecular weight is 399 g/mol. The van der Waals surface area contributed by atoms with Gasteiger partial charge < -0.3 is 20.5 Å². The largest absolute Gasteiger partial charge is 0.354 e. The summed E-state index contributed by atoms with van der Waals surface area (Å²) < 4.78 is 2.90. The Labute approximate surface area is 151 Å². The van der Waals surface area contributed by atoms with E-state index in [4.69, 9.17) is 5.73 Å². The van der Waals surface area contributed by atoms with Crippen LogP contribution in [0.5, 0.6) is 0 Å². The monoisotopic (exact) mass is 398 g/mol. The van der Waals surface area contributed by atoms with Crippen LogP contribution in [-0.4, -0.2) is 47.0 Å². The summed E-state index contributed by atoms with van der Waals surface area (Å²) >= 11 is 3.47. The van der Waals surface area contributed by atoms with E-state index >= 15 is 0 Å². The first kappa shape index (κ1) is 19.0. The summed E-state index contributed by atoms with van der Waals surface area (Å²) in [4.78, 5) is 26.7. The summed E-state index contributed by atoms with van der Waals surface area (Å²) in [5.41, 5.74) is 6.10. The third kappa shape index (κ3) is 4.60. The fourth-order valence-corrected chi connectivity index (χ4v) is 3.56. The molecule has 2 heterocycles. The van der Waals surface area contributed by atoms with E-state index in [1.54, 1.807) is 0 Å². The van der Waals surface area contributed by atoms with Crippen LogP contribution in [0.15, 0.2) is 16.7 Å². The molecular weight excluding hydrogens is 372 g/mol. The van der Waals surface area contributed by atoms with Crippen molar-refractivity contribution in [1.82, 2.24) is 14.8 Å². The van der Waals surface area contributed by atoms with Crippen LogP contribution in [0.1, 0.15) is 56.1 Å². The lowest BCUT2D eigenvalue weighted by Gasteiger charge is -2.36. The standard InChI is InChI=1S/C17H27BrN4O2/c1-12(2)22-11-13(18)9-15(22)17(24)21-8-4-3-5-14(21)10-20-16(23)6-7-19/h9,11-12,14H,3-8,10,19H2,1-2H3,(H,20,23). The van der Waals surface area contributed by atoms with Gasteiger partial charge in [-0.3, -0.25) is 9.59 Å². The lowest BCUT2D eigenvalue weighted by molar-refractivity contribution is -0.121. The van der Waals surface area contributed by atoms with Crippen molar-refractivity contribution in [3.05, 3.63) is 22.4 Å². The van der Waals surface area contributed by atoms with Gasteiger partial charge in [0.05, 0.1) is 0 Å². The molecule has 7 heteroatoms. The van der Waals surface area contributed by atoms with Gasteiger partial charge in [-0.15, -0.1) is 0 Å². The molecule has 3 N–H and O–H groups in total. The number of hydrogen-bond acceptors (Lipinski definition) is 3. The van der Waals surface area contributed by atoms with Crippen LogP contribution >= 0.6 is 15.9 Å². The van der Waals surface area contributed by atoms with Crippen molar-refractivity contribution < 1.29 is 9.59 Å². The Kier molecular flexibility index (Phi) is 6.86. The van der Waals surface area contributed by atoms with E-state index in [1.807, 2.05) is 21.7 Å². The molecule has 24 heavy (non-hydrogen) atoms. The van der Waals surface area contributed by atoms with E-state index in [9.17, 15) is 9.59 Å². The van der Waals surface area contributed by atoms with E-state index in [2.05, 4.69) is 35.1 Å². The molecule has 1 unspecified atom stereocenters. The highest BCUT2D eigenvalue weighted by atomic mass is 79.9. The average Bonchev–Trinajstić information content (AvgIpc) is 2.95. The Bertz CT molecular complexity index is 585. The van der Waals surface area contributed by atoms with Gasteiger partial charge in [0.25, 0.3) is 5.91 Å². The molecule has 1 aliphatic rings. The molecule has 0 radical (unpaired) electrons. The number of aromatic nitrogens is 1. The Hall–Kier alpha value is -1.34. The van der Waals surface area contributed by atoms with Crippen LogP contribution in [0.2, 0.25) is 0 Å². The maximum atomic E-state index is 13.1. The number of rotatable bonds is 6. The number of nitrogens with one attached hydrogen (secondary N) is 1. The van der Waals surface area contributed by atoms with Gasteiger partial charge in [-0.25, -0.2) is 0 Å². The Morgan fingerprint density at radius 3 is 2.83 bits per heavy atom. The van der Waals surface area contributed by atoms with Crippen LogP contribution in [-0.2, 0) is 4.79 Å². The molecule has 1 aliphatic heterocycles. The minimum atomic E-state index is -0.0521. The van der Waals surface area contributed by atoms with Gasteiger partial charge in [0.2, 0.25) is 5.91 Å². The number of carbonyl (C=O) groups excluding carboxylic acids is 2. The highest BCUT2D eigenvalue weighted by molar-refractivity contribution is 9.10. The first-order valence-corrected chi connectivity index (χ1v) is 9.38. The lowest BCUT2D eigenvalue weighted by atomic mass is 10.0. The van der Waals surface area contributed by atoms with Crippen molar-refractivity contribution in [2.75, 3.05) is 19.6 Å². The summed E-state index contributed by atoms with van der Waals surface area (Å²) in [6.45, 7) is 5.69. The molecule has 2 amide bonds. The zero-order chi connectivity index (χ0) is 17.7. The number of nitrogens with zero attached hydrogens (tertiary/aromatic N) is 2. The zero-order valence-electron chi connectivity index (χ0n) is 14.4. The zero-order valence-corrected chi connectivity index (χ0v) is 16.0. The van der Waals surface area contributed by atoms with Crippen molar-refractivity contribution in [2.24, 2.45) is 5.73 Å². The summed E-state index contributed by atoms with van der Waals surface area (Å²) in [6.07, 6.45) is 5.26. The van der Waals surface area contributed by atoms with Gasteiger partial charge in [-0.05, 0) is 55.1 Å². The molecule has 1 aromatic heterocycles. The summed E-state index contributed by atoms with van der Waals surface area (Å²) in [6, 6.07) is 2.13. The quantitative estimate of drug-likeness (QED) is 0.770. The van der Waals surface area contributed by atoms with Gasteiger partial charge in [-0.2, -0.15) is 0 Å². The van der Waals surface area contributed by atoms with Crippen molar-refractivity contribution in [2.45, 2.75) is 51.6 Å². The van der Waals surface area contributed by atoms with Crippen molar-refractivity contribution >= 4 is 27.7 Å². The molecule has 1 aromatic rings. The number of piperidine rings is 1. The fourth-order valence-electron chi connectivity index (χ4n) is 3.12. The molecule has 6 nitrogen and oxygen atoms in total. The molecule has 0 spiro atoms. The lowest BCUT2D eigenvalue weighted by Crippen LogP contribution is -2.50. The Morgan fingerprint density at radius 2 is 2.17 bits per heavy atom. The molecule has 2 rings (SSSR count). The summed E-state index contributed by atoms with van der Waals surface area (Å²) in [5.74, 6) is -0.0176. The van der Waals surface area contributed by atoms with E-state index < -0.39 is 0 Å². The smallest absolute Gasteiger partial charge is 0.270 e. The van der Waals surface area contributed by atoms with Crippen molar-refractivity contribution in [3.8, 4) is 0 Å². The number of hydrogen-bond donors (Lipinski definition) is 2. The minimum Gasteiger partial charge on any atom is -0.354 e. The minimum absolute atomic E-state index is 0.0344. The van der Waals surface area contributed by atoms with Crippen LogP contribution in [0.4, 0.5) is 0 Å². The third-order valence-electron chi connectivity index (χ3n) is 4.38. The number of likely N-dealkylation sites (tertiary alicyclic amines) is 1. The van der Waals surface area contributed by atoms with Gasteiger partial charge in [0.1, 0.15) is 5.69 Å². The molecule has 1 fully saturated rings. The number of amides is 2. The predicted molar refractivity (Wildman–Crippen MR) is 97.9 cm³/mol. The molecule has 1 atom stereocenters. The molecule has 0 aliphatic carbocycles. The van der Waals surface area contributed by atoms with Gasteiger partial charge in [-0.1, -0.05) is 0 Å².